The van der Waals surface area contributed by atoms with E-state index in [1.54, 1.807) is 18.2 Å². The number of esters is 1. The van der Waals surface area contributed by atoms with Gasteiger partial charge in [-0.3, -0.25) is 4.79 Å². The normalized spacial score (nSPS) is 10.8. The summed E-state index contributed by atoms with van der Waals surface area (Å²) >= 11 is 12.2. The van der Waals surface area contributed by atoms with Gasteiger partial charge in [-0.1, -0.05) is 77.8 Å². The fourth-order valence-corrected chi connectivity index (χ4v) is 4.64. The lowest BCUT2D eigenvalue weighted by Crippen LogP contribution is -2.21. The summed E-state index contributed by atoms with van der Waals surface area (Å²) in [6.45, 7) is 1.78. The van der Waals surface area contributed by atoms with Crippen LogP contribution < -0.4 is 10.1 Å². The van der Waals surface area contributed by atoms with Gasteiger partial charge in [-0.25, -0.2) is 9.78 Å². The van der Waals surface area contributed by atoms with Crippen molar-refractivity contribution in [2.45, 2.75) is 13.5 Å². The van der Waals surface area contributed by atoms with Gasteiger partial charge in [0.25, 0.3) is 5.91 Å². The van der Waals surface area contributed by atoms with E-state index in [9.17, 15) is 9.59 Å². The number of carbonyl (C=O) groups excluding carboxylic acids is 2. The molecule has 0 radical (unpaired) electrons. The standard InChI is InChI=1S/C32H24Cl2N2O4/c1-20-29(32(38)40-19-28(37)35-27-13-7-11-25(33)30(27)34)24-10-5-6-12-26(24)36-31(20)22-14-16-23(17-15-22)39-18-21-8-3-2-4-9-21/h2-17H,18-19H2,1H3,(H,35,37). The monoisotopic (exact) mass is 570 g/mol. The van der Waals surface area contributed by atoms with Gasteiger partial charge in [0.1, 0.15) is 12.4 Å². The molecule has 8 heteroatoms. The van der Waals surface area contributed by atoms with Gasteiger partial charge in [-0.05, 0) is 60.5 Å². The second kappa shape index (κ2) is 12.2. The number of anilines is 1. The molecule has 1 N–H and O–H groups in total. The third kappa shape index (κ3) is 6.09. The molecule has 6 nitrogen and oxygen atoms in total. The fraction of sp³-hybridized carbons (Fsp3) is 0.0938. The van der Waals surface area contributed by atoms with Crippen molar-refractivity contribution in [3.8, 4) is 17.0 Å². The minimum absolute atomic E-state index is 0.209. The Balaban J connectivity index is 1.36. The summed E-state index contributed by atoms with van der Waals surface area (Å²) in [4.78, 5) is 30.7. The Morgan fingerprint density at radius 2 is 1.57 bits per heavy atom. The van der Waals surface area contributed by atoms with Gasteiger partial charge in [-0.15, -0.1) is 0 Å². The zero-order valence-electron chi connectivity index (χ0n) is 21.5. The molecule has 5 rings (SSSR count). The SMILES string of the molecule is Cc1c(-c2ccc(OCc3ccccc3)cc2)nc2ccccc2c1C(=O)OCC(=O)Nc1cccc(Cl)c1Cl. The molecule has 0 fully saturated rings. The van der Waals surface area contributed by atoms with Gasteiger partial charge in [-0.2, -0.15) is 0 Å². The van der Waals surface area contributed by atoms with Crippen molar-refractivity contribution in [2.75, 3.05) is 11.9 Å². The minimum atomic E-state index is -0.632. The van der Waals surface area contributed by atoms with Crippen molar-refractivity contribution in [1.82, 2.24) is 4.98 Å². The van der Waals surface area contributed by atoms with Crippen LogP contribution in [-0.2, 0) is 16.1 Å². The van der Waals surface area contributed by atoms with Crippen LogP contribution in [0.3, 0.4) is 0 Å². The van der Waals surface area contributed by atoms with Crippen LogP contribution in [0.5, 0.6) is 5.75 Å². The molecule has 1 aromatic heterocycles. The van der Waals surface area contributed by atoms with Crippen LogP contribution in [0.25, 0.3) is 22.2 Å². The van der Waals surface area contributed by atoms with Crippen LogP contribution in [0.15, 0.2) is 97.1 Å². The predicted octanol–water partition coefficient (Wildman–Crippen LogP) is 7.89. The topological polar surface area (TPSA) is 77.5 Å². The number of hydrogen-bond donors (Lipinski definition) is 1. The summed E-state index contributed by atoms with van der Waals surface area (Å²) in [6, 6.07) is 29.7. The highest BCUT2D eigenvalue weighted by Crippen LogP contribution is 2.32. The fourth-order valence-electron chi connectivity index (χ4n) is 4.29. The van der Waals surface area contributed by atoms with Crippen molar-refractivity contribution in [2.24, 2.45) is 0 Å². The third-order valence-electron chi connectivity index (χ3n) is 6.28. The number of halogens is 2. The Hall–Kier alpha value is -4.39. The van der Waals surface area contributed by atoms with E-state index in [4.69, 9.17) is 37.7 Å². The number of rotatable bonds is 8. The van der Waals surface area contributed by atoms with Crippen LogP contribution in [0, 0.1) is 6.92 Å². The van der Waals surface area contributed by atoms with E-state index in [2.05, 4.69) is 5.32 Å². The quantitative estimate of drug-likeness (QED) is 0.192. The second-order valence-corrected chi connectivity index (χ2v) is 9.79. The highest BCUT2D eigenvalue weighted by molar-refractivity contribution is 6.44. The summed E-state index contributed by atoms with van der Waals surface area (Å²) < 4.78 is 11.3. The number of amides is 1. The number of para-hydroxylation sites is 1. The Kier molecular flexibility index (Phi) is 8.29. The summed E-state index contributed by atoms with van der Waals surface area (Å²) in [6.07, 6.45) is 0. The van der Waals surface area contributed by atoms with Crippen molar-refractivity contribution >= 4 is 51.7 Å². The first-order valence-corrected chi connectivity index (χ1v) is 13.2. The number of nitrogens with zero attached hydrogens (tertiary/aromatic N) is 1. The predicted molar refractivity (Wildman–Crippen MR) is 158 cm³/mol. The molecule has 4 aromatic carbocycles. The zero-order chi connectivity index (χ0) is 28.1. The molecule has 0 aliphatic heterocycles. The third-order valence-corrected chi connectivity index (χ3v) is 7.09. The van der Waals surface area contributed by atoms with Gasteiger partial charge in [0.2, 0.25) is 0 Å². The van der Waals surface area contributed by atoms with E-state index in [0.717, 1.165) is 16.9 Å². The molecule has 1 heterocycles. The van der Waals surface area contributed by atoms with Crippen molar-refractivity contribution in [1.29, 1.82) is 0 Å². The maximum Gasteiger partial charge on any atom is 0.339 e. The van der Waals surface area contributed by atoms with Crippen LogP contribution in [0.2, 0.25) is 10.0 Å². The van der Waals surface area contributed by atoms with Crippen LogP contribution >= 0.6 is 23.2 Å². The molecule has 5 aromatic rings. The molecule has 0 saturated heterocycles. The van der Waals surface area contributed by atoms with Crippen molar-refractivity contribution < 1.29 is 19.1 Å². The second-order valence-electron chi connectivity index (χ2n) is 9.00. The Bertz CT molecular complexity index is 1690. The van der Waals surface area contributed by atoms with Crippen LogP contribution in [-0.4, -0.2) is 23.5 Å². The molecule has 0 spiro atoms. The number of fused-ring (bicyclic) bond motifs is 1. The first-order valence-electron chi connectivity index (χ1n) is 12.5. The largest absolute Gasteiger partial charge is 0.489 e. The lowest BCUT2D eigenvalue weighted by molar-refractivity contribution is -0.119. The summed E-state index contributed by atoms with van der Waals surface area (Å²) in [5.41, 5.74) is 4.48. The van der Waals surface area contributed by atoms with Gasteiger partial charge in [0.05, 0.1) is 32.5 Å². The zero-order valence-corrected chi connectivity index (χ0v) is 23.0. The van der Waals surface area contributed by atoms with E-state index in [1.807, 2.05) is 85.8 Å². The molecule has 0 saturated carbocycles. The average Bonchev–Trinajstić information content (AvgIpc) is 2.98. The summed E-state index contributed by atoms with van der Waals surface area (Å²) in [5, 5.41) is 3.76. The van der Waals surface area contributed by atoms with Gasteiger partial charge >= 0.3 is 5.97 Å². The number of aromatic nitrogens is 1. The van der Waals surface area contributed by atoms with E-state index < -0.39 is 18.5 Å². The van der Waals surface area contributed by atoms with Gasteiger partial charge in [0.15, 0.2) is 6.61 Å². The lowest BCUT2D eigenvalue weighted by Gasteiger charge is -2.15. The lowest BCUT2D eigenvalue weighted by atomic mass is 9.97. The first-order chi connectivity index (χ1) is 19.4. The van der Waals surface area contributed by atoms with Crippen molar-refractivity contribution in [3.05, 3.63) is 124 Å². The highest BCUT2D eigenvalue weighted by Gasteiger charge is 2.21. The number of ether oxygens (including phenoxy) is 2. The Morgan fingerprint density at radius 3 is 2.35 bits per heavy atom. The molecule has 0 unspecified atom stereocenters. The molecular formula is C32H24Cl2N2O4. The minimum Gasteiger partial charge on any atom is -0.489 e. The van der Waals surface area contributed by atoms with E-state index in [0.29, 0.717) is 45.0 Å². The average molecular weight is 571 g/mol. The number of carbonyl (C=O) groups is 2. The molecule has 0 aliphatic rings. The molecule has 1 amide bonds. The smallest absolute Gasteiger partial charge is 0.339 e. The molecule has 40 heavy (non-hydrogen) atoms. The Morgan fingerprint density at radius 1 is 0.850 bits per heavy atom. The summed E-state index contributed by atoms with van der Waals surface area (Å²) in [5.74, 6) is -0.455. The molecule has 0 atom stereocenters. The highest BCUT2D eigenvalue weighted by atomic mass is 35.5. The van der Waals surface area contributed by atoms with E-state index in [-0.39, 0.29) is 5.02 Å². The van der Waals surface area contributed by atoms with Crippen LogP contribution in [0.4, 0.5) is 5.69 Å². The molecule has 0 bridgehead atoms. The number of hydrogen-bond acceptors (Lipinski definition) is 5. The number of nitrogens with one attached hydrogen (secondary N) is 1. The van der Waals surface area contributed by atoms with Gasteiger partial charge < -0.3 is 14.8 Å². The summed E-state index contributed by atoms with van der Waals surface area (Å²) in [7, 11) is 0. The molecule has 200 valence electrons. The van der Waals surface area contributed by atoms with Gasteiger partial charge in [0, 0.05) is 10.9 Å². The first kappa shape index (κ1) is 27.2. The van der Waals surface area contributed by atoms with Crippen LogP contribution in [0.1, 0.15) is 21.5 Å². The Labute approximate surface area is 241 Å². The van der Waals surface area contributed by atoms with E-state index >= 15 is 0 Å². The number of pyridine rings is 1. The number of benzene rings is 4. The van der Waals surface area contributed by atoms with Crippen molar-refractivity contribution in [3.63, 3.8) is 0 Å². The van der Waals surface area contributed by atoms with E-state index in [1.165, 1.54) is 0 Å². The molecular weight excluding hydrogens is 547 g/mol. The molecule has 0 aliphatic carbocycles. The maximum atomic E-state index is 13.3. The maximum absolute atomic E-state index is 13.3.